The van der Waals surface area contributed by atoms with E-state index < -0.39 is 47.2 Å². The van der Waals surface area contributed by atoms with Gasteiger partial charge in [0, 0.05) is 6.20 Å². The highest BCUT2D eigenvalue weighted by molar-refractivity contribution is 8.00. The van der Waals surface area contributed by atoms with E-state index in [-0.39, 0.29) is 16.5 Å². The van der Waals surface area contributed by atoms with Gasteiger partial charge in [-0.25, -0.2) is 9.97 Å². The largest absolute Gasteiger partial charge is 0.433 e. The van der Waals surface area contributed by atoms with Crippen molar-refractivity contribution in [3.05, 3.63) is 41.7 Å². The summed E-state index contributed by atoms with van der Waals surface area (Å²) >= 11 is 0.634. The highest BCUT2D eigenvalue weighted by Gasteiger charge is 2.36. The minimum absolute atomic E-state index is 0.0463. The highest BCUT2D eigenvalue weighted by Crippen LogP contribution is 2.38. The normalized spacial score (nSPS) is 15.4. The number of hydrogen-bond donors (Lipinski definition) is 1. The van der Waals surface area contributed by atoms with Crippen LogP contribution in [0.3, 0.4) is 0 Å². The summed E-state index contributed by atoms with van der Waals surface area (Å²) in [5.41, 5.74) is -2.33. The van der Waals surface area contributed by atoms with Crippen LogP contribution in [0.1, 0.15) is 18.2 Å². The van der Waals surface area contributed by atoms with Crippen molar-refractivity contribution in [1.29, 1.82) is 0 Å². The predicted octanol–water partition coefficient (Wildman–Crippen LogP) is 3.98. The first kappa shape index (κ1) is 21.9. The van der Waals surface area contributed by atoms with Gasteiger partial charge in [-0.3, -0.25) is 14.5 Å². The van der Waals surface area contributed by atoms with Gasteiger partial charge in [0.05, 0.1) is 22.2 Å². The Hall–Kier alpha value is -2.83. The second-order valence-electron chi connectivity index (χ2n) is 6.18. The number of rotatable bonds is 3. The monoisotopic (exact) mass is 450 g/mol. The van der Waals surface area contributed by atoms with E-state index in [2.05, 4.69) is 15.3 Å². The summed E-state index contributed by atoms with van der Waals surface area (Å²) in [6, 6.07) is 3.21. The molecule has 1 aliphatic heterocycles. The maximum absolute atomic E-state index is 12.9. The fourth-order valence-corrected chi connectivity index (χ4v) is 3.46. The Bertz CT molecular complexity index is 995. The summed E-state index contributed by atoms with van der Waals surface area (Å²) in [6.07, 6.45) is -8.43. The number of anilines is 2. The van der Waals surface area contributed by atoms with Gasteiger partial charge in [0.1, 0.15) is 12.2 Å². The molecule has 2 heterocycles. The molecule has 0 spiro atoms. The third-order valence-corrected chi connectivity index (χ3v) is 4.97. The number of aromatic nitrogens is 2. The van der Waals surface area contributed by atoms with Gasteiger partial charge in [-0.1, -0.05) is 11.8 Å². The van der Waals surface area contributed by atoms with E-state index in [1.165, 1.54) is 6.92 Å². The number of benzene rings is 1. The molecule has 30 heavy (non-hydrogen) atoms. The third kappa shape index (κ3) is 4.66. The van der Waals surface area contributed by atoms with Crippen molar-refractivity contribution in [3.63, 3.8) is 0 Å². The lowest BCUT2D eigenvalue weighted by atomic mass is 10.1. The second kappa shape index (κ2) is 7.78. The lowest BCUT2D eigenvalue weighted by Crippen LogP contribution is -2.45. The van der Waals surface area contributed by atoms with Crippen molar-refractivity contribution < 1.29 is 35.9 Å². The first-order valence-electron chi connectivity index (χ1n) is 8.25. The molecule has 2 aromatic rings. The van der Waals surface area contributed by atoms with Crippen molar-refractivity contribution in [3.8, 4) is 0 Å². The molecular formula is C17H12F6N4O2S. The Morgan fingerprint density at radius 3 is 2.50 bits per heavy atom. The number of halogens is 6. The van der Waals surface area contributed by atoms with Crippen molar-refractivity contribution >= 4 is 35.0 Å². The van der Waals surface area contributed by atoms with Gasteiger partial charge in [-0.2, -0.15) is 26.3 Å². The van der Waals surface area contributed by atoms with Gasteiger partial charge in [0.2, 0.25) is 11.8 Å². The fraction of sp³-hybridized carbons (Fsp3) is 0.294. The summed E-state index contributed by atoms with van der Waals surface area (Å²) in [5.74, 6) is -1.40. The van der Waals surface area contributed by atoms with Gasteiger partial charge in [-0.05, 0) is 31.2 Å². The van der Waals surface area contributed by atoms with E-state index in [0.29, 0.717) is 23.9 Å². The topological polar surface area (TPSA) is 75.2 Å². The average Bonchev–Trinajstić information content (AvgIpc) is 2.65. The summed E-state index contributed by atoms with van der Waals surface area (Å²) in [6.45, 7) is 0.915. The van der Waals surface area contributed by atoms with Crippen LogP contribution in [0.2, 0.25) is 0 Å². The standard InChI is InChI=1S/C17H12F6N4O2S/c1-8(30-15-24-5-4-12(26-15)17(21,22)23)14(29)27-7-13(28)25-10-6-9(16(18,19)20)2-3-11(10)27/h2-6,8H,7H2,1H3,(H,25,28). The predicted molar refractivity (Wildman–Crippen MR) is 94.8 cm³/mol. The summed E-state index contributed by atoms with van der Waals surface area (Å²) < 4.78 is 77.1. The van der Waals surface area contributed by atoms with Crippen LogP contribution in [-0.4, -0.2) is 33.6 Å². The molecule has 1 unspecified atom stereocenters. The summed E-state index contributed by atoms with van der Waals surface area (Å²) in [4.78, 5) is 32.7. The van der Waals surface area contributed by atoms with Crippen LogP contribution in [0.4, 0.5) is 37.7 Å². The van der Waals surface area contributed by atoms with Crippen LogP contribution in [-0.2, 0) is 21.9 Å². The molecule has 1 N–H and O–H groups in total. The lowest BCUT2D eigenvalue weighted by molar-refractivity contribution is -0.141. The van der Waals surface area contributed by atoms with Crippen LogP contribution in [0, 0.1) is 0 Å². The van der Waals surface area contributed by atoms with E-state index in [1.807, 2.05) is 0 Å². The molecule has 1 aliphatic rings. The number of amides is 2. The van der Waals surface area contributed by atoms with Gasteiger partial charge < -0.3 is 5.32 Å². The summed E-state index contributed by atoms with van der Waals surface area (Å²) in [7, 11) is 0. The molecule has 0 aliphatic carbocycles. The van der Waals surface area contributed by atoms with Crippen LogP contribution in [0.25, 0.3) is 0 Å². The SMILES string of the molecule is CC(Sc1nccc(C(F)(F)F)n1)C(=O)N1CC(=O)Nc2cc(C(F)(F)F)ccc21. The maximum atomic E-state index is 12.9. The maximum Gasteiger partial charge on any atom is 0.433 e. The molecule has 2 amide bonds. The Balaban J connectivity index is 1.84. The van der Waals surface area contributed by atoms with E-state index >= 15 is 0 Å². The quantitative estimate of drug-likeness (QED) is 0.435. The molecule has 3 rings (SSSR count). The van der Waals surface area contributed by atoms with Crippen molar-refractivity contribution in [1.82, 2.24) is 9.97 Å². The smallest absolute Gasteiger partial charge is 0.323 e. The fourth-order valence-electron chi connectivity index (χ4n) is 2.65. The Morgan fingerprint density at radius 2 is 1.87 bits per heavy atom. The highest BCUT2D eigenvalue weighted by atomic mass is 32.2. The number of alkyl halides is 6. The number of nitrogens with zero attached hydrogens (tertiary/aromatic N) is 3. The first-order chi connectivity index (χ1) is 13.9. The van der Waals surface area contributed by atoms with E-state index in [9.17, 15) is 35.9 Å². The van der Waals surface area contributed by atoms with Crippen LogP contribution < -0.4 is 10.2 Å². The molecule has 160 valence electrons. The minimum atomic E-state index is -4.69. The molecule has 0 fully saturated rings. The molecule has 13 heteroatoms. The van der Waals surface area contributed by atoms with E-state index in [0.717, 1.165) is 23.2 Å². The third-order valence-electron chi connectivity index (χ3n) is 4.01. The second-order valence-corrected chi connectivity index (χ2v) is 7.49. The van der Waals surface area contributed by atoms with Crippen LogP contribution in [0.5, 0.6) is 0 Å². The number of carbonyl (C=O) groups is 2. The zero-order chi connectivity index (χ0) is 22.3. The minimum Gasteiger partial charge on any atom is -0.323 e. The van der Waals surface area contributed by atoms with E-state index in [4.69, 9.17) is 0 Å². The molecule has 0 saturated heterocycles. The molecule has 1 aromatic heterocycles. The Kier molecular flexibility index (Phi) is 5.67. The summed E-state index contributed by atoms with van der Waals surface area (Å²) in [5, 5.41) is 0.956. The van der Waals surface area contributed by atoms with Crippen LogP contribution in [0.15, 0.2) is 35.6 Å². The van der Waals surface area contributed by atoms with Crippen LogP contribution >= 0.6 is 11.8 Å². The zero-order valence-electron chi connectivity index (χ0n) is 15.0. The molecule has 0 saturated carbocycles. The molecular weight excluding hydrogens is 438 g/mol. The molecule has 0 bridgehead atoms. The van der Waals surface area contributed by atoms with Gasteiger partial charge >= 0.3 is 12.4 Å². The number of thioether (sulfide) groups is 1. The Labute approximate surface area is 169 Å². The van der Waals surface area contributed by atoms with Gasteiger partial charge in [0.25, 0.3) is 0 Å². The molecule has 0 radical (unpaired) electrons. The lowest BCUT2D eigenvalue weighted by Gasteiger charge is -2.31. The first-order valence-corrected chi connectivity index (χ1v) is 9.13. The number of fused-ring (bicyclic) bond motifs is 1. The zero-order valence-corrected chi connectivity index (χ0v) is 15.8. The molecule has 6 nitrogen and oxygen atoms in total. The van der Waals surface area contributed by atoms with Gasteiger partial charge in [0.15, 0.2) is 5.16 Å². The number of hydrogen-bond acceptors (Lipinski definition) is 5. The van der Waals surface area contributed by atoms with E-state index in [1.54, 1.807) is 0 Å². The Morgan fingerprint density at radius 1 is 1.17 bits per heavy atom. The molecule has 1 atom stereocenters. The van der Waals surface area contributed by atoms with Crippen molar-refractivity contribution in [2.24, 2.45) is 0 Å². The average molecular weight is 450 g/mol. The number of carbonyl (C=O) groups excluding carboxylic acids is 2. The number of nitrogens with one attached hydrogen (secondary N) is 1. The van der Waals surface area contributed by atoms with Crippen molar-refractivity contribution in [2.75, 3.05) is 16.8 Å². The molecule has 1 aromatic carbocycles. The van der Waals surface area contributed by atoms with Gasteiger partial charge in [-0.15, -0.1) is 0 Å². The van der Waals surface area contributed by atoms with Crippen molar-refractivity contribution in [2.45, 2.75) is 29.7 Å².